The van der Waals surface area contributed by atoms with Crippen molar-refractivity contribution in [1.82, 2.24) is 9.78 Å². The zero-order chi connectivity index (χ0) is 17.9. The van der Waals surface area contributed by atoms with Crippen molar-refractivity contribution in [2.24, 2.45) is 0 Å². The summed E-state index contributed by atoms with van der Waals surface area (Å²) in [6.45, 7) is 0. The maximum Gasteiger partial charge on any atom is 0.433 e. The molecule has 0 unspecified atom stereocenters. The number of carbonyl (C=O) groups excluding carboxylic acids is 1. The molecule has 0 radical (unpaired) electrons. The van der Waals surface area contributed by atoms with E-state index in [2.05, 4.69) is 10.4 Å². The van der Waals surface area contributed by atoms with E-state index >= 15 is 0 Å². The molecule has 0 aliphatic rings. The van der Waals surface area contributed by atoms with E-state index in [1.165, 1.54) is 42.7 Å². The number of anilines is 1. The van der Waals surface area contributed by atoms with E-state index in [1.807, 2.05) is 0 Å². The van der Waals surface area contributed by atoms with Gasteiger partial charge in [0, 0.05) is 11.8 Å². The van der Waals surface area contributed by atoms with Crippen molar-refractivity contribution in [2.45, 2.75) is 6.18 Å². The fourth-order valence-electron chi connectivity index (χ4n) is 2.14. The largest absolute Gasteiger partial charge is 0.465 e. The molecule has 0 saturated heterocycles. The highest BCUT2D eigenvalue weighted by Gasteiger charge is 2.35. The van der Waals surface area contributed by atoms with E-state index in [9.17, 15) is 18.0 Å². The number of carbonyl (C=O) groups is 1. The second kappa shape index (κ2) is 6.68. The SMILES string of the molecule is O=C(/C=C/c1ccco1)Nc1ccc(-n2nccc2C(F)(F)F)cc1. The first kappa shape index (κ1) is 16.6. The minimum Gasteiger partial charge on any atom is -0.465 e. The first-order valence-electron chi connectivity index (χ1n) is 7.18. The van der Waals surface area contributed by atoms with E-state index in [1.54, 1.807) is 12.1 Å². The van der Waals surface area contributed by atoms with Crippen molar-refractivity contribution in [3.63, 3.8) is 0 Å². The van der Waals surface area contributed by atoms with E-state index in [4.69, 9.17) is 4.42 Å². The molecule has 128 valence electrons. The Balaban J connectivity index is 1.71. The van der Waals surface area contributed by atoms with Gasteiger partial charge in [-0.15, -0.1) is 0 Å². The molecule has 0 saturated carbocycles. The van der Waals surface area contributed by atoms with Crippen LogP contribution in [0.25, 0.3) is 11.8 Å². The highest BCUT2D eigenvalue weighted by Crippen LogP contribution is 2.30. The molecule has 2 aromatic heterocycles. The summed E-state index contributed by atoms with van der Waals surface area (Å²) in [5.74, 6) is 0.142. The van der Waals surface area contributed by atoms with Crippen LogP contribution in [0.2, 0.25) is 0 Å². The molecule has 3 rings (SSSR count). The van der Waals surface area contributed by atoms with Gasteiger partial charge in [0.2, 0.25) is 5.91 Å². The molecule has 1 amide bonds. The first-order valence-corrected chi connectivity index (χ1v) is 7.18. The summed E-state index contributed by atoms with van der Waals surface area (Å²) in [5, 5.41) is 6.29. The third kappa shape index (κ3) is 3.97. The van der Waals surface area contributed by atoms with Gasteiger partial charge < -0.3 is 9.73 Å². The lowest BCUT2D eigenvalue weighted by Crippen LogP contribution is -2.13. The van der Waals surface area contributed by atoms with Crippen LogP contribution in [0.1, 0.15) is 11.5 Å². The number of halogens is 3. The lowest BCUT2D eigenvalue weighted by molar-refractivity contribution is -0.142. The van der Waals surface area contributed by atoms with Gasteiger partial charge in [-0.1, -0.05) is 0 Å². The van der Waals surface area contributed by atoms with Crippen molar-refractivity contribution in [3.05, 3.63) is 72.5 Å². The molecule has 1 N–H and O–H groups in total. The fraction of sp³-hybridized carbons (Fsp3) is 0.0588. The third-order valence-electron chi connectivity index (χ3n) is 3.25. The van der Waals surface area contributed by atoms with Crippen LogP contribution in [0.3, 0.4) is 0 Å². The number of furan rings is 1. The highest BCUT2D eigenvalue weighted by atomic mass is 19.4. The predicted octanol–water partition coefficient (Wildman–Crippen LogP) is 4.14. The molecule has 0 spiro atoms. The molecular weight excluding hydrogens is 335 g/mol. The quantitative estimate of drug-likeness (QED) is 0.722. The molecule has 1 aromatic carbocycles. The van der Waals surface area contributed by atoms with E-state index in [0.717, 1.165) is 16.9 Å². The zero-order valence-electron chi connectivity index (χ0n) is 12.7. The molecule has 8 heteroatoms. The third-order valence-corrected chi connectivity index (χ3v) is 3.25. The number of nitrogens with zero attached hydrogens (tertiary/aromatic N) is 2. The first-order chi connectivity index (χ1) is 11.9. The molecule has 0 aliphatic carbocycles. The van der Waals surface area contributed by atoms with E-state index in [-0.39, 0.29) is 11.6 Å². The lowest BCUT2D eigenvalue weighted by atomic mass is 10.2. The molecule has 0 aliphatic heterocycles. The summed E-state index contributed by atoms with van der Waals surface area (Å²) < 4.78 is 44.5. The number of rotatable bonds is 4. The zero-order valence-corrected chi connectivity index (χ0v) is 12.7. The van der Waals surface area contributed by atoms with Crippen molar-refractivity contribution < 1.29 is 22.4 Å². The Morgan fingerprint density at radius 2 is 1.92 bits per heavy atom. The Morgan fingerprint density at radius 3 is 2.56 bits per heavy atom. The van der Waals surface area contributed by atoms with Crippen molar-refractivity contribution >= 4 is 17.7 Å². The van der Waals surface area contributed by atoms with Crippen LogP contribution in [0.4, 0.5) is 18.9 Å². The average Bonchev–Trinajstić information content (AvgIpc) is 3.25. The van der Waals surface area contributed by atoms with Gasteiger partial charge in [-0.05, 0) is 48.5 Å². The van der Waals surface area contributed by atoms with Gasteiger partial charge in [0.05, 0.1) is 18.1 Å². The van der Waals surface area contributed by atoms with Crippen molar-refractivity contribution in [3.8, 4) is 5.69 Å². The predicted molar refractivity (Wildman–Crippen MR) is 84.9 cm³/mol. The topological polar surface area (TPSA) is 60.1 Å². The number of hydrogen-bond acceptors (Lipinski definition) is 3. The Labute approximate surface area is 140 Å². The number of amides is 1. The van der Waals surface area contributed by atoms with Crippen LogP contribution in [0.15, 0.2) is 65.4 Å². The summed E-state index contributed by atoms with van der Waals surface area (Å²) in [6.07, 6.45) is 0.865. The van der Waals surface area contributed by atoms with Crippen LogP contribution in [0, 0.1) is 0 Å². The Hall–Kier alpha value is -3.29. The molecule has 0 fully saturated rings. The summed E-state index contributed by atoms with van der Waals surface area (Å²) in [7, 11) is 0. The monoisotopic (exact) mass is 347 g/mol. The van der Waals surface area contributed by atoms with Gasteiger partial charge in [-0.3, -0.25) is 4.79 Å². The van der Waals surface area contributed by atoms with Crippen LogP contribution in [-0.2, 0) is 11.0 Å². The minimum atomic E-state index is -4.50. The van der Waals surface area contributed by atoms with E-state index < -0.39 is 11.9 Å². The Bertz CT molecular complexity index is 879. The number of benzene rings is 1. The van der Waals surface area contributed by atoms with Crippen molar-refractivity contribution in [2.75, 3.05) is 5.32 Å². The fourth-order valence-corrected chi connectivity index (χ4v) is 2.14. The number of aromatic nitrogens is 2. The summed E-state index contributed by atoms with van der Waals surface area (Å²) in [5.41, 5.74) is -0.189. The summed E-state index contributed by atoms with van der Waals surface area (Å²) >= 11 is 0. The van der Waals surface area contributed by atoms with Crippen LogP contribution < -0.4 is 5.32 Å². The van der Waals surface area contributed by atoms with Crippen molar-refractivity contribution in [1.29, 1.82) is 0 Å². The Kier molecular flexibility index (Phi) is 4.42. The van der Waals surface area contributed by atoms with Crippen LogP contribution in [0.5, 0.6) is 0 Å². The summed E-state index contributed by atoms with van der Waals surface area (Å²) in [4.78, 5) is 11.8. The van der Waals surface area contributed by atoms with Crippen LogP contribution >= 0.6 is 0 Å². The second-order valence-electron chi connectivity index (χ2n) is 5.01. The lowest BCUT2D eigenvalue weighted by Gasteiger charge is -2.11. The van der Waals surface area contributed by atoms with Gasteiger partial charge in [-0.25, -0.2) is 4.68 Å². The Morgan fingerprint density at radius 1 is 1.16 bits per heavy atom. The number of hydrogen-bond donors (Lipinski definition) is 1. The second-order valence-corrected chi connectivity index (χ2v) is 5.01. The molecule has 0 atom stereocenters. The van der Waals surface area contributed by atoms with E-state index in [0.29, 0.717) is 11.4 Å². The van der Waals surface area contributed by atoms with Gasteiger partial charge >= 0.3 is 6.18 Å². The standard InChI is InChI=1S/C17H12F3N3O2/c18-17(19,20)15-9-10-21-23(15)13-5-3-12(4-6-13)22-16(24)8-7-14-2-1-11-25-14/h1-11H,(H,22,24)/b8-7+. The van der Waals surface area contributed by atoms with Gasteiger partial charge in [0.1, 0.15) is 11.5 Å². The summed E-state index contributed by atoms with van der Waals surface area (Å²) in [6, 6.07) is 10.2. The molecule has 3 aromatic rings. The minimum absolute atomic E-state index is 0.237. The normalized spacial score (nSPS) is 11.8. The van der Waals surface area contributed by atoms with Gasteiger partial charge in [0.25, 0.3) is 0 Å². The maximum atomic E-state index is 12.9. The highest BCUT2D eigenvalue weighted by molar-refractivity contribution is 6.01. The van der Waals surface area contributed by atoms with Gasteiger partial charge in [0.15, 0.2) is 0 Å². The van der Waals surface area contributed by atoms with Crippen LogP contribution in [-0.4, -0.2) is 15.7 Å². The maximum absolute atomic E-state index is 12.9. The molecule has 25 heavy (non-hydrogen) atoms. The molecule has 2 heterocycles. The molecule has 5 nitrogen and oxygen atoms in total. The molecular formula is C17H12F3N3O2. The average molecular weight is 347 g/mol. The number of nitrogens with one attached hydrogen (secondary N) is 1. The number of alkyl halides is 3. The smallest absolute Gasteiger partial charge is 0.433 e. The molecule has 0 bridgehead atoms. The van der Waals surface area contributed by atoms with Gasteiger partial charge in [-0.2, -0.15) is 18.3 Å².